The summed E-state index contributed by atoms with van der Waals surface area (Å²) >= 11 is 0. The quantitative estimate of drug-likeness (QED) is 0.715. The van der Waals surface area contributed by atoms with Crippen molar-refractivity contribution in [3.05, 3.63) is 64.3 Å². The number of aliphatic imine (C=N–C) groups is 1. The van der Waals surface area contributed by atoms with Gasteiger partial charge in [-0.25, -0.2) is 8.78 Å². The number of aliphatic hydroxyl groups is 1. The predicted molar refractivity (Wildman–Crippen MR) is 123 cm³/mol. The highest BCUT2D eigenvalue weighted by molar-refractivity contribution is 6.05. The number of hydrogen-bond acceptors (Lipinski definition) is 7. The largest absolute Gasteiger partial charge is 0.421 e. The molecule has 0 bridgehead atoms. The number of allylic oxidation sites excluding steroid dienone is 2. The molecule has 0 atom stereocenters. The lowest BCUT2D eigenvalue weighted by Crippen LogP contribution is -2.51. The maximum absolute atomic E-state index is 15.1. The minimum absolute atomic E-state index is 0.135. The van der Waals surface area contributed by atoms with Crippen LogP contribution in [0.4, 0.5) is 20.4 Å². The van der Waals surface area contributed by atoms with Crippen molar-refractivity contribution in [2.75, 3.05) is 29.9 Å². The molecule has 2 N–H and O–H groups in total. The van der Waals surface area contributed by atoms with Crippen LogP contribution < -0.4 is 15.0 Å². The topological polar surface area (TPSA) is 82.9 Å². The molecule has 7 nitrogen and oxygen atoms in total. The van der Waals surface area contributed by atoms with E-state index in [0.717, 1.165) is 17.2 Å². The van der Waals surface area contributed by atoms with Gasteiger partial charge in [0, 0.05) is 36.3 Å². The average molecular weight is 451 g/mol. The maximum Gasteiger partial charge on any atom is 0.326 e. The number of benzene rings is 1. The number of nitrogens with one attached hydrogen (secondary N) is 1. The van der Waals surface area contributed by atoms with Crippen molar-refractivity contribution in [1.82, 2.24) is 9.97 Å². The van der Waals surface area contributed by atoms with Gasteiger partial charge in [0.05, 0.1) is 12.6 Å². The highest BCUT2D eigenvalue weighted by atomic mass is 19.1. The lowest BCUT2D eigenvalue weighted by Gasteiger charge is -2.36. The van der Waals surface area contributed by atoms with E-state index in [-0.39, 0.29) is 17.3 Å². The summed E-state index contributed by atoms with van der Waals surface area (Å²) in [5.41, 5.74) is 2.45. The van der Waals surface area contributed by atoms with Crippen molar-refractivity contribution < 1.29 is 18.6 Å². The molecule has 1 fully saturated rings. The van der Waals surface area contributed by atoms with Gasteiger partial charge in [0.1, 0.15) is 23.3 Å². The number of aromatic nitrogens is 2. The van der Waals surface area contributed by atoms with Crippen LogP contribution in [0.15, 0.2) is 46.5 Å². The zero-order valence-corrected chi connectivity index (χ0v) is 18.3. The Balaban J connectivity index is 1.46. The maximum atomic E-state index is 15.1. The van der Waals surface area contributed by atoms with E-state index in [2.05, 4.69) is 20.3 Å². The smallest absolute Gasteiger partial charge is 0.326 e. The molecule has 2 aromatic rings. The second kappa shape index (κ2) is 8.40. The Morgan fingerprint density at radius 3 is 2.79 bits per heavy atom. The molecule has 3 aliphatic rings. The van der Waals surface area contributed by atoms with Gasteiger partial charge in [0.15, 0.2) is 11.6 Å². The molecule has 9 heteroatoms. The lowest BCUT2D eigenvalue weighted by atomic mass is 10.1. The molecule has 0 saturated carbocycles. The summed E-state index contributed by atoms with van der Waals surface area (Å²) in [7, 11) is 0. The number of ether oxygens (including phenoxy) is 1. The summed E-state index contributed by atoms with van der Waals surface area (Å²) in [5.74, 6) is 0.0601. The van der Waals surface area contributed by atoms with Crippen molar-refractivity contribution in [2.45, 2.75) is 26.4 Å². The number of nitrogens with zero attached hydrogens (tertiary/aromatic N) is 4. The lowest BCUT2D eigenvalue weighted by molar-refractivity contribution is 0.141. The number of anilines is 2. The van der Waals surface area contributed by atoms with E-state index in [4.69, 9.17) is 4.74 Å². The van der Waals surface area contributed by atoms with Crippen molar-refractivity contribution in [1.29, 1.82) is 0 Å². The summed E-state index contributed by atoms with van der Waals surface area (Å²) in [6.45, 7) is 5.14. The second-order valence-corrected chi connectivity index (χ2v) is 8.33. The number of β-amino-alcohol motifs (C(OH)–C–C–N with tert-alkyl or cyclic N) is 1. The van der Waals surface area contributed by atoms with Crippen LogP contribution in [0.5, 0.6) is 11.8 Å². The molecule has 170 valence electrons. The highest BCUT2D eigenvalue weighted by Gasteiger charge is 2.28. The van der Waals surface area contributed by atoms with Gasteiger partial charge < -0.3 is 20.1 Å². The van der Waals surface area contributed by atoms with Gasteiger partial charge in [-0.05, 0) is 31.9 Å². The SMILES string of the molecule is C/C=C/C1=CC(Nc2cc(N3CC(O)C3)nc(Oc3cc(F)c4c(c3F)C=C(C)C4)n2)=NC1. The summed E-state index contributed by atoms with van der Waals surface area (Å²) in [5, 5.41) is 12.8. The molecule has 1 saturated heterocycles. The van der Waals surface area contributed by atoms with Crippen LogP contribution in [0.3, 0.4) is 0 Å². The minimum atomic E-state index is -0.648. The number of fused-ring (bicyclic) bond motifs is 1. The second-order valence-electron chi connectivity index (χ2n) is 8.33. The fourth-order valence-electron chi connectivity index (χ4n) is 4.03. The minimum Gasteiger partial charge on any atom is -0.421 e. The van der Waals surface area contributed by atoms with Crippen LogP contribution in [0, 0.1) is 11.6 Å². The summed E-state index contributed by atoms with van der Waals surface area (Å²) in [4.78, 5) is 15.0. The third-order valence-electron chi connectivity index (χ3n) is 5.64. The van der Waals surface area contributed by atoms with Crippen molar-refractivity contribution in [3.8, 4) is 11.8 Å². The number of aliphatic hydroxyl groups excluding tert-OH is 1. The summed E-state index contributed by atoms with van der Waals surface area (Å²) in [6, 6.07) is 2.60. The van der Waals surface area contributed by atoms with Crippen molar-refractivity contribution in [2.24, 2.45) is 4.99 Å². The van der Waals surface area contributed by atoms with Gasteiger partial charge in [0.25, 0.3) is 0 Å². The standard InChI is InChI=1S/C24H23F2N5O2/c1-3-4-14-7-20(27-10-14)28-21-9-22(31-11-15(32)12-31)30-24(29-21)33-19-8-18(25)16-5-13(2)6-17(16)23(19)26/h3-4,6-9,15,32H,5,10-12H2,1-2H3,(H,27,28,29,30)/b4-3+. The fourth-order valence-corrected chi connectivity index (χ4v) is 4.03. The zero-order chi connectivity index (χ0) is 23.1. The fraction of sp³-hybridized carbons (Fsp3) is 0.292. The Morgan fingerprint density at radius 2 is 2.03 bits per heavy atom. The number of halogens is 2. The molecule has 1 aromatic carbocycles. The van der Waals surface area contributed by atoms with E-state index in [1.54, 1.807) is 12.1 Å². The Labute approximate surface area is 189 Å². The van der Waals surface area contributed by atoms with Crippen LogP contribution in [-0.4, -0.2) is 46.6 Å². The van der Waals surface area contributed by atoms with E-state index in [1.807, 2.05) is 37.0 Å². The molecule has 1 aliphatic carbocycles. The molecule has 0 radical (unpaired) electrons. The van der Waals surface area contributed by atoms with E-state index >= 15 is 4.39 Å². The molecule has 0 unspecified atom stereocenters. The van der Waals surface area contributed by atoms with E-state index < -0.39 is 17.7 Å². The van der Waals surface area contributed by atoms with E-state index in [9.17, 15) is 9.50 Å². The first kappa shape index (κ1) is 21.3. The van der Waals surface area contributed by atoms with Crippen molar-refractivity contribution in [3.63, 3.8) is 0 Å². The van der Waals surface area contributed by atoms with Gasteiger partial charge in [-0.3, -0.25) is 4.99 Å². The first-order chi connectivity index (χ1) is 15.9. The molecule has 5 rings (SSSR count). The van der Waals surface area contributed by atoms with Gasteiger partial charge in [-0.15, -0.1) is 0 Å². The van der Waals surface area contributed by atoms with Crippen LogP contribution in [-0.2, 0) is 6.42 Å². The van der Waals surface area contributed by atoms with E-state index in [1.165, 1.54) is 0 Å². The molecule has 0 spiro atoms. The Bertz CT molecular complexity index is 1250. The number of hydrogen-bond donors (Lipinski definition) is 2. The zero-order valence-electron chi connectivity index (χ0n) is 18.3. The van der Waals surface area contributed by atoms with Gasteiger partial charge in [0.2, 0.25) is 0 Å². The van der Waals surface area contributed by atoms with Gasteiger partial charge >= 0.3 is 6.01 Å². The van der Waals surface area contributed by atoms with Gasteiger partial charge in [-0.1, -0.05) is 23.8 Å². The van der Waals surface area contributed by atoms with E-state index in [0.29, 0.717) is 49.1 Å². The molecular weight excluding hydrogens is 428 g/mol. The first-order valence-corrected chi connectivity index (χ1v) is 10.7. The van der Waals surface area contributed by atoms with Crippen LogP contribution in [0.25, 0.3) is 6.08 Å². The molecular formula is C24H23F2N5O2. The molecule has 33 heavy (non-hydrogen) atoms. The molecule has 0 amide bonds. The predicted octanol–water partition coefficient (Wildman–Crippen LogP) is 4.01. The monoisotopic (exact) mass is 451 g/mol. The Morgan fingerprint density at radius 1 is 1.21 bits per heavy atom. The molecule has 2 aliphatic heterocycles. The highest BCUT2D eigenvalue weighted by Crippen LogP contribution is 2.36. The van der Waals surface area contributed by atoms with Gasteiger partial charge in [-0.2, -0.15) is 9.97 Å². The van der Waals surface area contributed by atoms with Crippen molar-refractivity contribution >= 4 is 23.5 Å². The summed E-state index contributed by atoms with van der Waals surface area (Å²) in [6.07, 6.45) is 7.38. The number of amidine groups is 1. The van der Waals surface area contributed by atoms with Crippen LogP contribution in [0.1, 0.15) is 25.0 Å². The Kier molecular flexibility index (Phi) is 5.41. The third-order valence-corrected chi connectivity index (χ3v) is 5.64. The Hall–Kier alpha value is -3.59. The molecule has 3 heterocycles. The van der Waals surface area contributed by atoms with Crippen LogP contribution >= 0.6 is 0 Å². The first-order valence-electron chi connectivity index (χ1n) is 10.7. The van der Waals surface area contributed by atoms with Crippen LogP contribution in [0.2, 0.25) is 0 Å². The normalized spacial score (nSPS) is 17.6. The average Bonchev–Trinajstić information content (AvgIpc) is 3.36. The third kappa shape index (κ3) is 4.23. The number of rotatable bonds is 5. The summed E-state index contributed by atoms with van der Waals surface area (Å²) < 4.78 is 35.3. The molecule has 1 aromatic heterocycles.